The normalized spacial score (nSPS) is 15.8. The third-order valence-electron chi connectivity index (χ3n) is 2.31. The molecular formula is C9H9F3N4S. The zero-order chi connectivity index (χ0) is 12.7. The average molecular weight is 262 g/mol. The van der Waals surface area contributed by atoms with Crippen LogP contribution in [0.1, 0.15) is 12.7 Å². The molecule has 1 atom stereocenters. The molecule has 1 unspecified atom stereocenters. The molecule has 2 aromatic rings. The Morgan fingerprint density at radius 3 is 2.65 bits per heavy atom. The molecule has 92 valence electrons. The van der Waals surface area contributed by atoms with Crippen molar-refractivity contribution in [3.63, 3.8) is 0 Å². The number of hydrogen-bond donors (Lipinski definition) is 2. The maximum atomic E-state index is 12.7. The van der Waals surface area contributed by atoms with E-state index in [1.54, 1.807) is 17.5 Å². The van der Waals surface area contributed by atoms with Gasteiger partial charge in [0.25, 0.3) is 0 Å². The number of aromatic amines is 1. The molecule has 2 aromatic heterocycles. The molecule has 0 bridgehead atoms. The number of nitrogens with zero attached hydrogens (tertiary/aromatic N) is 2. The third-order valence-corrected chi connectivity index (χ3v) is 3.17. The molecule has 2 heterocycles. The van der Waals surface area contributed by atoms with Crippen LogP contribution in [0, 0.1) is 0 Å². The third kappa shape index (κ3) is 2.05. The highest BCUT2D eigenvalue weighted by molar-refractivity contribution is 7.13. The van der Waals surface area contributed by atoms with Crippen molar-refractivity contribution in [1.82, 2.24) is 15.2 Å². The Balaban J connectivity index is 2.37. The van der Waals surface area contributed by atoms with Gasteiger partial charge >= 0.3 is 6.18 Å². The first kappa shape index (κ1) is 12.1. The topological polar surface area (TPSA) is 67.6 Å². The van der Waals surface area contributed by atoms with Gasteiger partial charge in [0.15, 0.2) is 17.2 Å². The van der Waals surface area contributed by atoms with Crippen LogP contribution in [-0.2, 0) is 5.54 Å². The second-order valence-corrected chi connectivity index (χ2v) is 4.63. The van der Waals surface area contributed by atoms with Crippen molar-refractivity contribution in [2.45, 2.75) is 18.6 Å². The monoisotopic (exact) mass is 262 g/mol. The van der Waals surface area contributed by atoms with Crippen molar-refractivity contribution in [1.29, 1.82) is 0 Å². The molecule has 0 aliphatic rings. The summed E-state index contributed by atoms with van der Waals surface area (Å²) in [5, 5.41) is 7.76. The predicted molar refractivity (Wildman–Crippen MR) is 57.3 cm³/mol. The summed E-state index contributed by atoms with van der Waals surface area (Å²) in [6, 6.07) is 3.49. The molecule has 0 spiro atoms. The Morgan fingerprint density at radius 1 is 1.41 bits per heavy atom. The van der Waals surface area contributed by atoms with Crippen LogP contribution in [0.15, 0.2) is 17.5 Å². The Labute approximate surface area is 98.7 Å². The van der Waals surface area contributed by atoms with Gasteiger partial charge in [-0.15, -0.1) is 11.3 Å². The number of rotatable bonds is 2. The quantitative estimate of drug-likeness (QED) is 0.872. The van der Waals surface area contributed by atoms with Gasteiger partial charge in [0.2, 0.25) is 0 Å². The number of aromatic nitrogens is 3. The molecule has 0 radical (unpaired) electrons. The van der Waals surface area contributed by atoms with Crippen LogP contribution in [0.4, 0.5) is 13.2 Å². The highest BCUT2D eigenvalue weighted by Gasteiger charge is 2.52. The zero-order valence-electron chi connectivity index (χ0n) is 8.75. The summed E-state index contributed by atoms with van der Waals surface area (Å²) in [5.41, 5.74) is 2.69. The van der Waals surface area contributed by atoms with Gasteiger partial charge in [0, 0.05) is 0 Å². The molecule has 0 aromatic carbocycles. The lowest BCUT2D eigenvalue weighted by molar-refractivity contribution is -0.186. The number of nitrogens with one attached hydrogen (secondary N) is 1. The lowest BCUT2D eigenvalue weighted by Crippen LogP contribution is -2.48. The van der Waals surface area contributed by atoms with Gasteiger partial charge in [0.05, 0.1) is 4.88 Å². The average Bonchev–Trinajstić information content (AvgIpc) is 2.87. The minimum absolute atomic E-state index is 0.218. The van der Waals surface area contributed by atoms with E-state index in [0.717, 1.165) is 6.92 Å². The van der Waals surface area contributed by atoms with Crippen molar-refractivity contribution in [2.75, 3.05) is 0 Å². The lowest BCUT2D eigenvalue weighted by Gasteiger charge is -2.24. The van der Waals surface area contributed by atoms with E-state index in [0.29, 0.717) is 4.88 Å². The second kappa shape index (κ2) is 3.81. The highest BCUT2D eigenvalue weighted by Crippen LogP contribution is 2.35. The van der Waals surface area contributed by atoms with Crippen LogP contribution < -0.4 is 5.73 Å². The summed E-state index contributed by atoms with van der Waals surface area (Å²) in [6.45, 7) is 0.853. The Hall–Kier alpha value is -1.41. The van der Waals surface area contributed by atoms with Crippen molar-refractivity contribution >= 4 is 11.3 Å². The minimum Gasteiger partial charge on any atom is -0.311 e. The Morgan fingerprint density at radius 2 is 2.12 bits per heavy atom. The molecule has 0 fully saturated rings. The number of halogens is 3. The first-order valence-electron chi connectivity index (χ1n) is 4.65. The second-order valence-electron chi connectivity index (χ2n) is 3.69. The number of hydrogen-bond acceptors (Lipinski definition) is 4. The maximum Gasteiger partial charge on any atom is 0.413 e. The summed E-state index contributed by atoms with van der Waals surface area (Å²) in [5.74, 6) is -0.177. The molecule has 3 N–H and O–H groups in total. The number of thiophene rings is 1. The van der Waals surface area contributed by atoms with E-state index in [1.165, 1.54) is 11.3 Å². The van der Waals surface area contributed by atoms with Crippen LogP contribution >= 0.6 is 11.3 Å². The largest absolute Gasteiger partial charge is 0.413 e. The van der Waals surface area contributed by atoms with Crippen LogP contribution in [0.2, 0.25) is 0 Å². The van der Waals surface area contributed by atoms with Crippen LogP contribution in [-0.4, -0.2) is 21.4 Å². The van der Waals surface area contributed by atoms with Crippen molar-refractivity contribution in [3.05, 3.63) is 23.3 Å². The van der Waals surface area contributed by atoms with Crippen LogP contribution in [0.25, 0.3) is 10.7 Å². The van der Waals surface area contributed by atoms with Gasteiger partial charge in [-0.2, -0.15) is 18.3 Å². The summed E-state index contributed by atoms with van der Waals surface area (Å²) in [6.07, 6.45) is -4.58. The van der Waals surface area contributed by atoms with Crippen molar-refractivity contribution in [3.8, 4) is 10.7 Å². The fraction of sp³-hybridized carbons (Fsp3) is 0.333. The lowest BCUT2D eigenvalue weighted by atomic mass is 10.0. The molecular weight excluding hydrogens is 253 g/mol. The molecule has 17 heavy (non-hydrogen) atoms. The van der Waals surface area contributed by atoms with Gasteiger partial charge in [-0.25, -0.2) is 4.98 Å². The van der Waals surface area contributed by atoms with Crippen molar-refractivity contribution in [2.24, 2.45) is 5.73 Å². The number of H-pyrrole nitrogens is 1. The van der Waals surface area contributed by atoms with Gasteiger partial charge in [0.1, 0.15) is 0 Å². The molecule has 0 saturated carbocycles. The first-order chi connectivity index (χ1) is 7.82. The standard InChI is InChI=1S/C9H9F3N4S/c1-8(13,9(10,11)12)7-14-6(15-16-7)5-3-2-4-17-5/h2-4H,13H2,1H3,(H,14,15,16). The van der Waals surface area contributed by atoms with E-state index >= 15 is 0 Å². The van der Waals surface area contributed by atoms with E-state index in [2.05, 4.69) is 15.2 Å². The smallest absolute Gasteiger partial charge is 0.311 e. The first-order valence-corrected chi connectivity index (χ1v) is 5.52. The summed E-state index contributed by atoms with van der Waals surface area (Å²) in [4.78, 5) is 4.48. The molecule has 2 rings (SSSR count). The van der Waals surface area contributed by atoms with Crippen LogP contribution in [0.3, 0.4) is 0 Å². The van der Waals surface area contributed by atoms with Crippen LogP contribution in [0.5, 0.6) is 0 Å². The predicted octanol–water partition coefficient (Wildman–Crippen LogP) is 2.27. The highest BCUT2D eigenvalue weighted by atomic mass is 32.1. The molecule has 0 aliphatic heterocycles. The number of alkyl halides is 3. The fourth-order valence-electron chi connectivity index (χ4n) is 1.14. The van der Waals surface area contributed by atoms with Gasteiger partial charge in [-0.05, 0) is 18.4 Å². The molecule has 8 heteroatoms. The molecule has 0 amide bonds. The van der Waals surface area contributed by atoms with Gasteiger partial charge in [-0.1, -0.05) is 6.07 Å². The Bertz CT molecular complexity index is 501. The summed E-state index contributed by atoms with van der Waals surface area (Å²) >= 11 is 1.34. The Kier molecular flexibility index (Phi) is 2.70. The van der Waals surface area contributed by atoms with E-state index in [-0.39, 0.29) is 5.82 Å². The minimum atomic E-state index is -4.58. The van der Waals surface area contributed by atoms with Gasteiger partial charge < -0.3 is 5.73 Å². The van der Waals surface area contributed by atoms with E-state index in [4.69, 9.17) is 5.73 Å². The van der Waals surface area contributed by atoms with E-state index in [1.807, 2.05) is 0 Å². The van der Waals surface area contributed by atoms with E-state index in [9.17, 15) is 13.2 Å². The zero-order valence-corrected chi connectivity index (χ0v) is 9.56. The maximum absolute atomic E-state index is 12.7. The van der Waals surface area contributed by atoms with Crippen molar-refractivity contribution < 1.29 is 13.2 Å². The number of nitrogens with two attached hydrogens (primary N) is 1. The van der Waals surface area contributed by atoms with Gasteiger partial charge in [-0.3, -0.25) is 5.10 Å². The molecule has 0 aliphatic carbocycles. The molecule has 0 saturated heterocycles. The SMILES string of the molecule is CC(N)(c1nc(-c2cccs2)n[nH]1)C(F)(F)F. The van der Waals surface area contributed by atoms with E-state index < -0.39 is 17.5 Å². The summed E-state index contributed by atoms with van der Waals surface area (Å²) < 4.78 is 38.0. The molecule has 4 nitrogen and oxygen atoms in total. The fourth-order valence-corrected chi connectivity index (χ4v) is 1.80. The summed E-state index contributed by atoms with van der Waals surface area (Å²) in [7, 11) is 0.